The van der Waals surface area contributed by atoms with Crippen LogP contribution in [0.2, 0.25) is 0 Å². The van der Waals surface area contributed by atoms with E-state index in [-0.39, 0.29) is 11.9 Å². The van der Waals surface area contributed by atoms with Crippen molar-refractivity contribution in [1.29, 1.82) is 0 Å². The molecule has 122 valence electrons. The van der Waals surface area contributed by atoms with Gasteiger partial charge in [0, 0.05) is 5.92 Å². The van der Waals surface area contributed by atoms with Crippen molar-refractivity contribution in [2.75, 3.05) is 6.61 Å². The van der Waals surface area contributed by atoms with Gasteiger partial charge in [-0.2, -0.15) is 0 Å². The standard InChI is InChI=1S/C20H30O2/c1-14(2)7-5-10-18-17-12-11-15(3)8-6-9-16(4)19(17)13-22-20(18)21/h7-8,17-19H,4-6,9-13H2,1-3H3/b15-8+/t17-,18+,19-/m1/s1. The van der Waals surface area contributed by atoms with Crippen molar-refractivity contribution in [3.63, 3.8) is 0 Å². The molecule has 2 rings (SSSR count). The van der Waals surface area contributed by atoms with E-state index in [0.717, 1.165) is 38.5 Å². The summed E-state index contributed by atoms with van der Waals surface area (Å²) < 4.78 is 5.51. The van der Waals surface area contributed by atoms with E-state index in [1.54, 1.807) is 0 Å². The third kappa shape index (κ3) is 4.34. The van der Waals surface area contributed by atoms with Crippen molar-refractivity contribution in [1.82, 2.24) is 0 Å². The highest BCUT2D eigenvalue weighted by Crippen LogP contribution is 2.40. The molecule has 1 fully saturated rings. The minimum atomic E-state index is 0.0112. The number of ether oxygens (including phenoxy) is 1. The minimum Gasteiger partial charge on any atom is -0.465 e. The van der Waals surface area contributed by atoms with E-state index < -0.39 is 0 Å². The van der Waals surface area contributed by atoms with Crippen LogP contribution in [-0.4, -0.2) is 12.6 Å². The van der Waals surface area contributed by atoms with Gasteiger partial charge >= 0.3 is 5.97 Å². The van der Waals surface area contributed by atoms with E-state index in [1.165, 1.54) is 16.7 Å². The fraction of sp³-hybridized carbons (Fsp3) is 0.650. The Kier molecular flexibility index (Phi) is 6.05. The van der Waals surface area contributed by atoms with E-state index >= 15 is 0 Å². The number of allylic oxidation sites excluding steroid dienone is 4. The molecule has 22 heavy (non-hydrogen) atoms. The van der Waals surface area contributed by atoms with Gasteiger partial charge in [-0.25, -0.2) is 0 Å². The van der Waals surface area contributed by atoms with Crippen molar-refractivity contribution in [3.8, 4) is 0 Å². The summed E-state index contributed by atoms with van der Waals surface area (Å²) >= 11 is 0. The summed E-state index contributed by atoms with van der Waals surface area (Å²) in [4.78, 5) is 12.3. The van der Waals surface area contributed by atoms with E-state index in [4.69, 9.17) is 4.74 Å². The second kappa shape index (κ2) is 7.80. The lowest BCUT2D eigenvalue weighted by molar-refractivity contribution is -0.160. The second-order valence-corrected chi connectivity index (χ2v) is 7.15. The molecule has 1 saturated heterocycles. The smallest absolute Gasteiger partial charge is 0.309 e. The van der Waals surface area contributed by atoms with E-state index in [9.17, 15) is 4.79 Å². The van der Waals surface area contributed by atoms with Crippen molar-refractivity contribution in [3.05, 3.63) is 35.5 Å². The maximum Gasteiger partial charge on any atom is 0.309 e. The van der Waals surface area contributed by atoms with Crippen molar-refractivity contribution >= 4 is 5.97 Å². The van der Waals surface area contributed by atoms with Gasteiger partial charge < -0.3 is 4.74 Å². The molecule has 2 aliphatic rings. The number of carbonyl (C=O) groups excluding carboxylic acids is 1. The van der Waals surface area contributed by atoms with Crippen LogP contribution in [0.3, 0.4) is 0 Å². The predicted molar refractivity (Wildman–Crippen MR) is 91.5 cm³/mol. The Bertz CT molecular complexity index is 480. The van der Waals surface area contributed by atoms with Crippen LogP contribution in [0.25, 0.3) is 0 Å². The van der Waals surface area contributed by atoms with E-state index in [2.05, 4.69) is 39.5 Å². The lowest BCUT2D eigenvalue weighted by Gasteiger charge is -2.38. The summed E-state index contributed by atoms with van der Waals surface area (Å²) in [6.07, 6.45) is 10.7. The Morgan fingerprint density at radius 1 is 1.41 bits per heavy atom. The van der Waals surface area contributed by atoms with Gasteiger partial charge in [0.25, 0.3) is 0 Å². The maximum atomic E-state index is 12.3. The molecule has 0 radical (unpaired) electrons. The third-order valence-corrected chi connectivity index (χ3v) is 5.13. The van der Waals surface area contributed by atoms with Gasteiger partial charge in [-0.05, 0) is 65.2 Å². The number of esters is 1. The highest BCUT2D eigenvalue weighted by atomic mass is 16.5. The van der Waals surface area contributed by atoms with Crippen molar-refractivity contribution in [2.45, 2.75) is 59.3 Å². The first-order valence-corrected chi connectivity index (χ1v) is 8.62. The van der Waals surface area contributed by atoms with Gasteiger partial charge in [0.15, 0.2) is 0 Å². The second-order valence-electron chi connectivity index (χ2n) is 7.15. The SMILES string of the molecule is C=C1CC/C=C(\C)CC[C@H]2[C@@H]1COC(=O)[C@H]2CCC=C(C)C. The molecule has 0 saturated carbocycles. The lowest BCUT2D eigenvalue weighted by Crippen LogP contribution is -2.40. The van der Waals surface area contributed by atoms with Crippen LogP contribution >= 0.6 is 0 Å². The van der Waals surface area contributed by atoms with Crippen LogP contribution in [0, 0.1) is 17.8 Å². The first kappa shape index (κ1) is 17.1. The fourth-order valence-electron chi connectivity index (χ4n) is 3.75. The number of rotatable bonds is 3. The zero-order valence-corrected chi connectivity index (χ0v) is 14.4. The predicted octanol–water partition coefficient (Wildman–Crippen LogP) is 5.21. The molecule has 3 atom stereocenters. The van der Waals surface area contributed by atoms with Crippen LogP contribution in [0.4, 0.5) is 0 Å². The number of hydrogen-bond acceptors (Lipinski definition) is 2. The highest BCUT2D eigenvalue weighted by Gasteiger charge is 2.40. The lowest BCUT2D eigenvalue weighted by atomic mass is 9.72. The monoisotopic (exact) mass is 302 g/mol. The molecule has 0 bridgehead atoms. The minimum absolute atomic E-state index is 0.0112. The molecular formula is C20H30O2. The molecule has 0 N–H and O–H groups in total. The number of carbonyl (C=O) groups is 1. The van der Waals surface area contributed by atoms with Gasteiger partial charge in [0.2, 0.25) is 0 Å². The largest absolute Gasteiger partial charge is 0.465 e. The summed E-state index contributed by atoms with van der Waals surface area (Å²) in [6.45, 7) is 11.3. The topological polar surface area (TPSA) is 26.3 Å². The Morgan fingerprint density at radius 2 is 2.18 bits per heavy atom. The summed E-state index contributed by atoms with van der Waals surface area (Å²) in [5.41, 5.74) is 4.05. The third-order valence-electron chi connectivity index (χ3n) is 5.13. The summed E-state index contributed by atoms with van der Waals surface area (Å²) in [6, 6.07) is 0. The maximum absolute atomic E-state index is 12.3. The van der Waals surface area contributed by atoms with Gasteiger partial charge in [0.1, 0.15) is 0 Å². The normalized spacial score (nSPS) is 31.8. The summed E-state index contributed by atoms with van der Waals surface area (Å²) in [5, 5.41) is 0. The highest BCUT2D eigenvalue weighted by molar-refractivity contribution is 5.73. The van der Waals surface area contributed by atoms with Crippen LogP contribution in [0.5, 0.6) is 0 Å². The van der Waals surface area contributed by atoms with Gasteiger partial charge in [0.05, 0.1) is 12.5 Å². The number of cyclic esters (lactones) is 1. The summed E-state index contributed by atoms with van der Waals surface area (Å²) in [7, 11) is 0. The molecule has 0 aromatic carbocycles. The molecule has 0 aromatic heterocycles. The van der Waals surface area contributed by atoms with E-state index in [0.29, 0.717) is 18.4 Å². The zero-order chi connectivity index (χ0) is 16.1. The Morgan fingerprint density at radius 3 is 2.91 bits per heavy atom. The Labute approximate surface area is 135 Å². The molecule has 1 aliphatic carbocycles. The molecule has 0 spiro atoms. The quantitative estimate of drug-likeness (QED) is 0.528. The number of fused-ring (bicyclic) bond motifs is 1. The average Bonchev–Trinajstić information content (AvgIpc) is 2.52. The molecular weight excluding hydrogens is 272 g/mol. The number of hydrogen-bond donors (Lipinski definition) is 0. The molecule has 1 heterocycles. The molecule has 0 amide bonds. The average molecular weight is 302 g/mol. The van der Waals surface area contributed by atoms with Crippen LogP contribution in [-0.2, 0) is 9.53 Å². The van der Waals surface area contributed by atoms with Gasteiger partial charge in [-0.15, -0.1) is 0 Å². The van der Waals surface area contributed by atoms with E-state index in [1.807, 2.05) is 0 Å². The van der Waals surface area contributed by atoms with Crippen LogP contribution in [0.1, 0.15) is 59.3 Å². The molecule has 2 heteroatoms. The van der Waals surface area contributed by atoms with Crippen molar-refractivity contribution in [2.24, 2.45) is 17.8 Å². The first-order chi connectivity index (χ1) is 10.5. The molecule has 0 aromatic rings. The van der Waals surface area contributed by atoms with Crippen LogP contribution < -0.4 is 0 Å². The Balaban J connectivity index is 2.15. The Hall–Kier alpha value is -1.31. The van der Waals surface area contributed by atoms with Gasteiger partial charge in [-0.3, -0.25) is 4.79 Å². The molecule has 1 aliphatic heterocycles. The summed E-state index contributed by atoms with van der Waals surface area (Å²) in [5.74, 6) is 0.809. The van der Waals surface area contributed by atoms with Crippen molar-refractivity contribution < 1.29 is 9.53 Å². The van der Waals surface area contributed by atoms with Crippen LogP contribution in [0.15, 0.2) is 35.5 Å². The van der Waals surface area contributed by atoms with Gasteiger partial charge in [-0.1, -0.05) is 35.5 Å². The fourth-order valence-corrected chi connectivity index (χ4v) is 3.75. The molecule has 2 nitrogen and oxygen atoms in total. The first-order valence-electron chi connectivity index (χ1n) is 8.62. The zero-order valence-electron chi connectivity index (χ0n) is 14.4. The molecule has 0 unspecified atom stereocenters.